The van der Waals surface area contributed by atoms with Crippen LogP contribution in [-0.2, 0) is 9.53 Å². The summed E-state index contributed by atoms with van der Waals surface area (Å²) in [7, 11) is 4.04. The molecule has 4 atom stereocenters. The van der Waals surface area contributed by atoms with Gasteiger partial charge in [0.25, 0.3) is 5.91 Å². The summed E-state index contributed by atoms with van der Waals surface area (Å²) < 4.78 is 7.26. The van der Waals surface area contributed by atoms with Crippen molar-refractivity contribution >= 4 is 41.3 Å². The Morgan fingerprint density at radius 2 is 1.79 bits per heavy atom. The molecular weight excluding hydrogens is 626 g/mol. The highest BCUT2D eigenvalue weighted by atomic mass is 35.5. The highest BCUT2D eigenvalue weighted by Gasteiger charge is 2.38. The number of anilines is 2. The first-order valence-corrected chi connectivity index (χ1v) is 17.7. The van der Waals surface area contributed by atoms with E-state index in [1.165, 1.54) is 0 Å². The van der Waals surface area contributed by atoms with E-state index in [1.807, 2.05) is 78.3 Å². The van der Waals surface area contributed by atoms with Crippen LogP contribution in [0.2, 0.25) is 5.02 Å². The van der Waals surface area contributed by atoms with Crippen LogP contribution in [0.1, 0.15) is 79.7 Å². The first kappa shape index (κ1) is 34.1. The molecule has 3 aliphatic rings. The van der Waals surface area contributed by atoms with E-state index >= 15 is 0 Å². The summed E-state index contributed by atoms with van der Waals surface area (Å²) in [5.41, 5.74) is 2.62. The average molecular weight is 674 g/mol. The summed E-state index contributed by atoms with van der Waals surface area (Å²) in [6.07, 6.45) is 8.59. The third kappa shape index (κ3) is 7.77. The number of piperidine rings is 2. The van der Waals surface area contributed by atoms with E-state index in [1.54, 1.807) is 0 Å². The SMILES string of the molecule is CCOC(=O)CC(c1ccc(Cl)cc1)C1CCCN(C2c3nc(Nc4ccc(C(=O)N(C)C5CCN(C)CC5)cc4)nn3C=CC2C)C1. The zero-order chi connectivity index (χ0) is 33.8. The van der Waals surface area contributed by atoms with Gasteiger partial charge in [-0.2, -0.15) is 4.98 Å². The van der Waals surface area contributed by atoms with Gasteiger partial charge in [0.2, 0.25) is 5.95 Å². The second-order valence-electron chi connectivity index (χ2n) is 13.6. The average Bonchev–Trinajstić information content (AvgIpc) is 3.50. The number of hydrogen-bond donors (Lipinski definition) is 1. The lowest BCUT2D eigenvalue weighted by atomic mass is 9.78. The Bertz CT molecular complexity index is 1580. The maximum atomic E-state index is 13.2. The van der Waals surface area contributed by atoms with Gasteiger partial charge < -0.3 is 19.9 Å². The molecule has 48 heavy (non-hydrogen) atoms. The normalized spacial score (nSPS) is 22.6. The molecule has 0 aliphatic carbocycles. The van der Waals surface area contributed by atoms with Crippen molar-refractivity contribution in [3.63, 3.8) is 0 Å². The van der Waals surface area contributed by atoms with Crippen LogP contribution >= 0.6 is 11.6 Å². The number of ether oxygens (including phenoxy) is 1. The fourth-order valence-electron chi connectivity index (χ4n) is 7.62. The lowest BCUT2D eigenvalue weighted by molar-refractivity contribution is -0.144. The van der Waals surface area contributed by atoms with Gasteiger partial charge in [0.1, 0.15) is 0 Å². The first-order chi connectivity index (χ1) is 23.2. The van der Waals surface area contributed by atoms with Gasteiger partial charge in [0.15, 0.2) is 5.82 Å². The summed E-state index contributed by atoms with van der Waals surface area (Å²) in [5.74, 6) is 1.84. The van der Waals surface area contributed by atoms with Crippen LogP contribution in [-0.4, -0.2) is 94.3 Å². The second-order valence-corrected chi connectivity index (χ2v) is 14.0. The van der Waals surface area contributed by atoms with Crippen LogP contribution in [0.3, 0.4) is 0 Å². The monoisotopic (exact) mass is 673 g/mol. The number of carbonyl (C=O) groups excluding carboxylic acids is 2. The molecule has 1 N–H and O–H groups in total. The number of fused-ring (bicyclic) bond motifs is 1. The van der Waals surface area contributed by atoms with Gasteiger partial charge in [-0.1, -0.05) is 36.7 Å². The van der Waals surface area contributed by atoms with Crippen molar-refractivity contribution in [2.24, 2.45) is 11.8 Å². The lowest BCUT2D eigenvalue weighted by Gasteiger charge is -2.42. The fourth-order valence-corrected chi connectivity index (χ4v) is 7.74. The lowest BCUT2D eigenvalue weighted by Crippen LogP contribution is -2.44. The van der Waals surface area contributed by atoms with Crippen LogP contribution in [0.5, 0.6) is 0 Å². The topological polar surface area (TPSA) is 95.8 Å². The molecule has 4 unspecified atom stereocenters. The highest BCUT2D eigenvalue weighted by molar-refractivity contribution is 6.30. The van der Waals surface area contributed by atoms with Crippen LogP contribution in [0, 0.1) is 11.8 Å². The summed E-state index contributed by atoms with van der Waals surface area (Å²) in [6, 6.07) is 15.8. The van der Waals surface area contributed by atoms with E-state index in [4.69, 9.17) is 26.4 Å². The van der Waals surface area contributed by atoms with E-state index < -0.39 is 0 Å². The number of benzene rings is 2. The number of hydrogen-bond acceptors (Lipinski definition) is 8. The smallest absolute Gasteiger partial charge is 0.306 e. The minimum absolute atomic E-state index is 0.0349. The van der Waals surface area contributed by atoms with Gasteiger partial charge in [-0.25, -0.2) is 4.68 Å². The molecule has 0 radical (unpaired) electrons. The Kier molecular flexibility index (Phi) is 10.8. The van der Waals surface area contributed by atoms with Crippen LogP contribution in [0.15, 0.2) is 54.6 Å². The van der Waals surface area contributed by atoms with E-state index in [0.29, 0.717) is 29.6 Å². The Hall–Kier alpha value is -3.73. The molecule has 3 aromatic rings. The predicted molar refractivity (Wildman–Crippen MR) is 189 cm³/mol. The first-order valence-electron chi connectivity index (χ1n) is 17.3. The standard InChI is InChI=1S/C37H48ClN7O3/c1-5-48-33(46)23-32(26-8-12-29(38)13-9-26)28-7-6-19-44(24-28)34-25(2)16-22-45-35(34)40-37(41-45)39-30-14-10-27(11-15-30)36(47)43(4)31-17-20-42(3)21-18-31/h8-16,22,25,28,31-32,34H,5-7,17-21,23-24H2,1-4H3,(H,39,41). The molecule has 2 fully saturated rings. The van der Waals surface area contributed by atoms with Crippen LogP contribution in [0.25, 0.3) is 6.20 Å². The second kappa shape index (κ2) is 15.2. The maximum Gasteiger partial charge on any atom is 0.306 e. The molecule has 2 saturated heterocycles. The molecule has 2 aromatic carbocycles. The summed E-state index contributed by atoms with van der Waals surface area (Å²) in [5, 5.41) is 8.82. The molecule has 10 nitrogen and oxygen atoms in total. The Morgan fingerprint density at radius 1 is 1.06 bits per heavy atom. The van der Waals surface area contributed by atoms with Crippen LogP contribution < -0.4 is 5.32 Å². The molecule has 4 heterocycles. The third-order valence-corrected chi connectivity index (χ3v) is 10.6. The molecular formula is C37H48ClN7O3. The largest absolute Gasteiger partial charge is 0.466 e. The van der Waals surface area contributed by atoms with Crippen molar-refractivity contribution in [1.82, 2.24) is 29.5 Å². The van der Waals surface area contributed by atoms with Crippen LogP contribution in [0.4, 0.5) is 11.6 Å². The van der Waals surface area contributed by atoms with E-state index in [9.17, 15) is 9.59 Å². The summed E-state index contributed by atoms with van der Waals surface area (Å²) >= 11 is 6.22. The number of aromatic nitrogens is 3. The van der Waals surface area contributed by atoms with Crippen molar-refractivity contribution in [1.29, 1.82) is 0 Å². The molecule has 256 valence electrons. The van der Waals surface area contributed by atoms with Gasteiger partial charge in [0.05, 0.1) is 19.1 Å². The predicted octanol–water partition coefficient (Wildman–Crippen LogP) is 6.45. The molecule has 0 bridgehead atoms. The van der Waals surface area contributed by atoms with Gasteiger partial charge in [-0.3, -0.25) is 14.5 Å². The quantitative estimate of drug-likeness (QED) is 0.245. The van der Waals surface area contributed by atoms with Crippen molar-refractivity contribution in [2.45, 2.75) is 64.0 Å². The van der Waals surface area contributed by atoms with Gasteiger partial charge >= 0.3 is 5.97 Å². The molecule has 11 heteroatoms. The van der Waals surface area contributed by atoms with E-state index in [0.717, 1.165) is 68.9 Å². The van der Waals surface area contributed by atoms with Crippen molar-refractivity contribution in [2.75, 3.05) is 52.2 Å². The number of halogens is 1. The Balaban J connectivity index is 1.15. The molecule has 1 aromatic heterocycles. The Morgan fingerprint density at radius 3 is 2.50 bits per heavy atom. The number of rotatable bonds is 10. The highest BCUT2D eigenvalue weighted by Crippen LogP contribution is 2.41. The zero-order valence-electron chi connectivity index (χ0n) is 28.5. The van der Waals surface area contributed by atoms with Crippen molar-refractivity contribution in [3.05, 3.63) is 76.6 Å². The summed E-state index contributed by atoms with van der Waals surface area (Å²) in [6.45, 7) is 8.26. The van der Waals surface area contributed by atoms with Gasteiger partial charge in [-0.15, -0.1) is 5.10 Å². The van der Waals surface area contributed by atoms with Gasteiger partial charge in [0, 0.05) is 42.1 Å². The Labute approximate surface area is 289 Å². The minimum atomic E-state index is -0.166. The molecule has 0 spiro atoms. The maximum absolute atomic E-state index is 13.2. The molecule has 6 rings (SSSR count). The minimum Gasteiger partial charge on any atom is -0.466 e. The van der Waals surface area contributed by atoms with Crippen molar-refractivity contribution < 1.29 is 14.3 Å². The number of nitrogens with zero attached hydrogens (tertiary/aromatic N) is 6. The fraction of sp³-hybridized carbons (Fsp3) is 0.514. The van der Waals surface area contributed by atoms with Crippen molar-refractivity contribution in [3.8, 4) is 0 Å². The number of carbonyl (C=O) groups is 2. The molecule has 1 amide bonds. The van der Waals surface area contributed by atoms with E-state index in [2.05, 4.69) is 35.2 Å². The number of nitrogens with one attached hydrogen (secondary N) is 1. The summed E-state index contributed by atoms with van der Waals surface area (Å²) in [4.78, 5) is 37.7. The van der Waals surface area contributed by atoms with E-state index in [-0.39, 0.29) is 41.7 Å². The number of esters is 1. The third-order valence-electron chi connectivity index (χ3n) is 10.3. The molecule has 3 aliphatic heterocycles. The molecule has 0 saturated carbocycles. The zero-order valence-corrected chi connectivity index (χ0v) is 29.3. The number of likely N-dealkylation sites (tertiary alicyclic amines) is 2. The van der Waals surface area contributed by atoms with Gasteiger partial charge in [-0.05, 0) is 119 Å². The number of amides is 1.